The van der Waals surface area contributed by atoms with Gasteiger partial charge >= 0.3 is 6.09 Å². The number of nitro benzene ring substituents is 1. The molecule has 0 spiro atoms. The van der Waals surface area contributed by atoms with Crippen molar-refractivity contribution < 1.29 is 19.2 Å². The van der Waals surface area contributed by atoms with E-state index in [4.69, 9.17) is 4.74 Å². The molecule has 0 aliphatic carbocycles. The number of rotatable bonds is 6. The predicted octanol–water partition coefficient (Wildman–Crippen LogP) is 2.88. The highest BCUT2D eigenvalue weighted by atomic mass is 16.6. The van der Waals surface area contributed by atoms with Crippen molar-refractivity contribution in [1.29, 1.82) is 0 Å². The summed E-state index contributed by atoms with van der Waals surface area (Å²) >= 11 is 0. The van der Waals surface area contributed by atoms with Gasteiger partial charge in [-0.15, -0.1) is 0 Å². The number of hydrogen-bond donors (Lipinski definition) is 1. The monoisotopic (exact) mass is 328 g/mol. The van der Waals surface area contributed by atoms with Crippen molar-refractivity contribution in [3.63, 3.8) is 0 Å². The number of nitrogens with zero attached hydrogens (tertiary/aromatic N) is 1. The number of hydrogen-bond acceptors (Lipinski definition) is 5. The zero-order chi connectivity index (χ0) is 17.5. The van der Waals surface area contributed by atoms with E-state index < -0.39 is 17.1 Å². The molecule has 124 valence electrons. The third kappa shape index (κ3) is 4.91. The molecule has 0 aliphatic rings. The van der Waals surface area contributed by atoms with Crippen LogP contribution in [0, 0.1) is 10.1 Å². The van der Waals surface area contributed by atoms with Crippen LogP contribution in [0.4, 0.5) is 10.5 Å². The topological polar surface area (TPSA) is 98.5 Å². The summed E-state index contributed by atoms with van der Waals surface area (Å²) in [6, 6.07) is 13.7. The van der Waals surface area contributed by atoms with Gasteiger partial charge in [0.25, 0.3) is 5.69 Å². The highest BCUT2D eigenvalue weighted by Crippen LogP contribution is 2.17. The van der Waals surface area contributed by atoms with Crippen molar-refractivity contribution in [2.75, 3.05) is 0 Å². The average molecular weight is 328 g/mol. The Hall–Kier alpha value is -3.22. The van der Waals surface area contributed by atoms with Crippen LogP contribution in [0.5, 0.6) is 5.75 Å². The summed E-state index contributed by atoms with van der Waals surface area (Å²) in [5.41, 5.74) is 0.807. The van der Waals surface area contributed by atoms with Crippen molar-refractivity contribution >= 4 is 17.6 Å². The molecular weight excluding hydrogens is 312 g/mol. The number of carbonyl (C=O) groups is 2. The highest BCUT2D eigenvalue weighted by Gasteiger charge is 2.19. The van der Waals surface area contributed by atoms with Gasteiger partial charge in [-0.25, -0.2) is 4.79 Å². The van der Waals surface area contributed by atoms with Crippen LogP contribution < -0.4 is 10.1 Å². The second kappa shape index (κ2) is 7.87. The van der Waals surface area contributed by atoms with Crippen LogP contribution in [0.1, 0.15) is 12.5 Å². The minimum absolute atomic E-state index is 0.103. The maximum Gasteiger partial charge on any atom is 0.413 e. The molecule has 0 heterocycles. The van der Waals surface area contributed by atoms with Gasteiger partial charge in [-0.2, -0.15) is 0 Å². The van der Waals surface area contributed by atoms with E-state index >= 15 is 0 Å². The highest BCUT2D eigenvalue weighted by molar-refractivity contribution is 5.86. The van der Waals surface area contributed by atoms with Gasteiger partial charge in [-0.3, -0.25) is 14.9 Å². The van der Waals surface area contributed by atoms with Crippen molar-refractivity contribution in [3.05, 3.63) is 70.3 Å². The molecule has 0 bridgehead atoms. The lowest BCUT2D eigenvalue weighted by atomic mass is 10.0. The van der Waals surface area contributed by atoms with Gasteiger partial charge in [0, 0.05) is 12.1 Å². The maximum absolute atomic E-state index is 11.9. The number of Topliss-reactive ketones (excluding diaryl/α,β-unsaturated/α-hetero) is 1. The number of ether oxygens (including phenoxy) is 1. The first kappa shape index (κ1) is 17.1. The minimum atomic E-state index is -0.792. The van der Waals surface area contributed by atoms with E-state index in [2.05, 4.69) is 5.32 Å². The van der Waals surface area contributed by atoms with Gasteiger partial charge in [0.1, 0.15) is 5.75 Å². The van der Waals surface area contributed by atoms with Crippen molar-refractivity contribution in [2.24, 2.45) is 0 Å². The number of nitrogens with one attached hydrogen (secondary N) is 1. The van der Waals surface area contributed by atoms with Crippen LogP contribution in [-0.2, 0) is 11.2 Å². The van der Waals surface area contributed by atoms with Gasteiger partial charge in [-0.05, 0) is 31.0 Å². The van der Waals surface area contributed by atoms with E-state index in [9.17, 15) is 19.7 Å². The van der Waals surface area contributed by atoms with E-state index in [1.165, 1.54) is 31.2 Å². The van der Waals surface area contributed by atoms with Crippen LogP contribution in [0.25, 0.3) is 0 Å². The van der Waals surface area contributed by atoms with Gasteiger partial charge in [0.2, 0.25) is 0 Å². The van der Waals surface area contributed by atoms with Crippen LogP contribution in [0.2, 0.25) is 0 Å². The molecule has 0 aromatic heterocycles. The molecule has 2 aromatic rings. The number of amides is 1. The van der Waals surface area contributed by atoms with Gasteiger partial charge in [-0.1, -0.05) is 30.3 Å². The van der Waals surface area contributed by atoms with Crippen LogP contribution in [0.3, 0.4) is 0 Å². The first-order chi connectivity index (χ1) is 11.5. The smallest absolute Gasteiger partial charge is 0.410 e. The largest absolute Gasteiger partial charge is 0.413 e. The van der Waals surface area contributed by atoms with Crippen molar-refractivity contribution in [2.45, 2.75) is 19.4 Å². The Kier molecular flexibility index (Phi) is 5.62. The Balaban J connectivity index is 1.97. The zero-order valence-corrected chi connectivity index (χ0v) is 13.0. The molecule has 0 aliphatic heterocycles. The van der Waals surface area contributed by atoms with Crippen LogP contribution in [0.15, 0.2) is 54.6 Å². The third-order valence-electron chi connectivity index (χ3n) is 3.32. The third-order valence-corrected chi connectivity index (χ3v) is 3.32. The molecule has 24 heavy (non-hydrogen) atoms. The minimum Gasteiger partial charge on any atom is -0.410 e. The Morgan fingerprint density at radius 1 is 1.12 bits per heavy atom. The number of nitro groups is 1. The second-order valence-corrected chi connectivity index (χ2v) is 5.14. The van der Waals surface area contributed by atoms with E-state index in [1.54, 1.807) is 0 Å². The second-order valence-electron chi connectivity index (χ2n) is 5.14. The molecule has 0 radical (unpaired) electrons. The molecule has 1 atom stereocenters. The summed E-state index contributed by atoms with van der Waals surface area (Å²) in [5.74, 6) is -0.0420. The van der Waals surface area contributed by atoms with E-state index in [1.807, 2.05) is 30.3 Å². The summed E-state index contributed by atoms with van der Waals surface area (Å²) in [6.07, 6.45) is -0.439. The van der Waals surface area contributed by atoms with Gasteiger partial charge < -0.3 is 10.1 Å². The summed E-state index contributed by atoms with van der Waals surface area (Å²) in [6.45, 7) is 1.39. The van der Waals surface area contributed by atoms with Gasteiger partial charge in [0.15, 0.2) is 5.78 Å². The number of ketones is 1. The Labute approximate surface area is 138 Å². The van der Waals surface area contributed by atoms with Crippen molar-refractivity contribution in [3.8, 4) is 5.75 Å². The fourth-order valence-corrected chi connectivity index (χ4v) is 2.06. The van der Waals surface area contributed by atoms with Crippen LogP contribution >= 0.6 is 0 Å². The average Bonchev–Trinajstić information content (AvgIpc) is 2.55. The molecule has 2 rings (SSSR count). The molecule has 0 saturated heterocycles. The molecule has 0 fully saturated rings. The zero-order valence-electron chi connectivity index (χ0n) is 13.0. The quantitative estimate of drug-likeness (QED) is 0.649. The fraction of sp³-hybridized carbons (Fsp3) is 0.176. The summed E-state index contributed by atoms with van der Waals surface area (Å²) in [7, 11) is 0. The molecule has 1 amide bonds. The molecule has 1 N–H and O–H groups in total. The fourth-order valence-electron chi connectivity index (χ4n) is 2.06. The normalized spacial score (nSPS) is 11.4. The molecule has 7 heteroatoms. The summed E-state index contributed by atoms with van der Waals surface area (Å²) in [5, 5.41) is 13.1. The van der Waals surface area contributed by atoms with Gasteiger partial charge in [0.05, 0.1) is 11.0 Å². The first-order valence-electron chi connectivity index (χ1n) is 7.23. The summed E-state index contributed by atoms with van der Waals surface area (Å²) in [4.78, 5) is 33.7. The predicted molar refractivity (Wildman–Crippen MR) is 86.9 cm³/mol. The number of carbonyl (C=O) groups excluding carboxylic acids is 2. The Morgan fingerprint density at radius 3 is 2.29 bits per heavy atom. The number of benzene rings is 2. The Bertz CT molecular complexity index is 728. The standard InChI is InChI=1S/C17H16N2O5/c1-12(20)16(11-13-5-3-2-4-6-13)18-17(21)24-15-9-7-14(8-10-15)19(22)23/h2-10,16H,11H2,1H3,(H,18,21)/t16-/m0/s1. The molecule has 0 unspecified atom stereocenters. The lowest BCUT2D eigenvalue weighted by Gasteiger charge is -2.15. The van der Waals surface area contributed by atoms with E-state index in [0.717, 1.165) is 5.56 Å². The molecule has 2 aromatic carbocycles. The van der Waals surface area contributed by atoms with Crippen LogP contribution in [-0.4, -0.2) is 22.8 Å². The SMILES string of the molecule is CC(=O)[C@H](Cc1ccccc1)NC(=O)Oc1ccc([N+](=O)[O-])cc1. The first-order valence-corrected chi connectivity index (χ1v) is 7.23. The Morgan fingerprint density at radius 2 is 1.75 bits per heavy atom. The van der Waals surface area contributed by atoms with Crippen molar-refractivity contribution in [1.82, 2.24) is 5.32 Å². The van der Waals surface area contributed by atoms with E-state index in [0.29, 0.717) is 6.42 Å². The lowest BCUT2D eigenvalue weighted by Crippen LogP contribution is -2.42. The molecule has 7 nitrogen and oxygen atoms in total. The molecular formula is C17H16N2O5. The van der Waals surface area contributed by atoms with E-state index in [-0.39, 0.29) is 17.2 Å². The number of non-ortho nitro benzene ring substituents is 1. The maximum atomic E-state index is 11.9. The summed E-state index contributed by atoms with van der Waals surface area (Å²) < 4.78 is 5.04. The molecule has 0 saturated carbocycles. The lowest BCUT2D eigenvalue weighted by molar-refractivity contribution is -0.384.